The Kier molecular flexibility index (Phi) is 6.05. The van der Waals surface area contributed by atoms with Crippen LogP contribution < -0.4 is 5.32 Å². The Balaban J connectivity index is 1.92. The number of halogens is 2. The van der Waals surface area contributed by atoms with Gasteiger partial charge in [-0.1, -0.05) is 48.0 Å². The molecule has 106 valence electrons. The van der Waals surface area contributed by atoms with Crippen molar-refractivity contribution in [3.8, 4) is 0 Å². The van der Waals surface area contributed by atoms with Gasteiger partial charge in [0.15, 0.2) is 0 Å². The number of aliphatic hydroxyl groups excluding tert-OH is 1. The van der Waals surface area contributed by atoms with E-state index in [4.69, 9.17) is 11.6 Å². The number of benzene rings is 2. The van der Waals surface area contributed by atoms with Crippen LogP contribution in [0, 0.1) is 0 Å². The monoisotopic (exact) mass is 353 g/mol. The van der Waals surface area contributed by atoms with E-state index >= 15 is 0 Å². The molecule has 0 amide bonds. The molecule has 0 unspecified atom stereocenters. The van der Waals surface area contributed by atoms with Crippen molar-refractivity contribution in [1.82, 2.24) is 5.32 Å². The molecule has 0 spiro atoms. The van der Waals surface area contributed by atoms with Crippen LogP contribution >= 0.6 is 27.5 Å². The molecule has 1 atom stereocenters. The largest absolute Gasteiger partial charge is 0.395 e. The molecule has 2 aromatic carbocycles. The van der Waals surface area contributed by atoms with E-state index in [-0.39, 0.29) is 12.6 Å². The van der Waals surface area contributed by atoms with E-state index in [1.807, 2.05) is 36.4 Å². The maximum Gasteiger partial charge on any atom is 0.0587 e. The molecule has 0 saturated heterocycles. The van der Waals surface area contributed by atoms with Crippen LogP contribution in [0.1, 0.15) is 11.1 Å². The predicted octanol–water partition coefficient (Wildman–Crippen LogP) is 3.80. The average Bonchev–Trinajstić information content (AvgIpc) is 2.48. The lowest BCUT2D eigenvalue weighted by Gasteiger charge is -2.16. The van der Waals surface area contributed by atoms with E-state index < -0.39 is 0 Å². The van der Waals surface area contributed by atoms with E-state index in [2.05, 4.69) is 33.4 Å². The predicted molar refractivity (Wildman–Crippen MR) is 87.0 cm³/mol. The van der Waals surface area contributed by atoms with Gasteiger partial charge >= 0.3 is 0 Å². The second-order valence-electron chi connectivity index (χ2n) is 4.70. The van der Waals surface area contributed by atoms with Crippen LogP contribution in [-0.2, 0) is 13.0 Å². The minimum absolute atomic E-state index is 0.0480. The Labute approximate surface area is 132 Å². The number of aliphatic hydroxyl groups is 1. The molecule has 2 aromatic rings. The standard InChI is InChI=1S/C16H17BrClNO/c17-15-9-13(6-7-16(15)18)10-19-14(11-20)8-12-4-2-1-3-5-12/h1-7,9,14,19-20H,8,10-11H2/t14-/m0/s1. The highest BCUT2D eigenvalue weighted by molar-refractivity contribution is 9.10. The Hall–Kier alpha value is -0.870. The molecule has 2 nitrogen and oxygen atoms in total. The van der Waals surface area contributed by atoms with Crippen LogP contribution in [0.2, 0.25) is 5.02 Å². The third-order valence-electron chi connectivity index (χ3n) is 3.12. The van der Waals surface area contributed by atoms with Gasteiger partial charge in [0.2, 0.25) is 0 Å². The molecule has 0 bridgehead atoms. The maximum absolute atomic E-state index is 9.47. The fourth-order valence-electron chi connectivity index (χ4n) is 2.01. The topological polar surface area (TPSA) is 32.3 Å². The zero-order valence-electron chi connectivity index (χ0n) is 11.0. The molecule has 0 aliphatic rings. The van der Waals surface area contributed by atoms with Crippen molar-refractivity contribution in [2.24, 2.45) is 0 Å². The van der Waals surface area contributed by atoms with Gasteiger partial charge in [-0.05, 0) is 45.6 Å². The summed E-state index contributed by atoms with van der Waals surface area (Å²) in [6.07, 6.45) is 0.812. The van der Waals surface area contributed by atoms with Gasteiger partial charge in [0, 0.05) is 17.1 Å². The molecule has 0 saturated carbocycles. The van der Waals surface area contributed by atoms with Crippen molar-refractivity contribution in [2.45, 2.75) is 19.0 Å². The van der Waals surface area contributed by atoms with Gasteiger partial charge in [0.05, 0.1) is 11.6 Å². The summed E-state index contributed by atoms with van der Waals surface area (Å²) in [6, 6.07) is 16.1. The molecule has 0 aliphatic heterocycles. The number of rotatable bonds is 6. The Morgan fingerprint density at radius 1 is 1.10 bits per heavy atom. The molecule has 2 N–H and O–H groups in total. The minimum Gasteiger partial charge on any atom is -0.395 e. The summed E-state index contributed by atoms with van der Waals surface area (Å²) in [5, 5.41) is 13.5. The van der Waals surface area contributed by atoms with Gasteiger partial charge in [-0.15, -0.1) is 0 Å². The SMILES string of the molecule is OC[C@H](Cc1ccccc1)NCc1ccc(Cl)c(Br)c1. The average molecular weight is 355 g/mol. The lowest BCUT2D eigenvalue weighted by atomic mass is 10.1. The Morgan fingerprint density at radius 3 is 2.50 bits per heavy atom. The van der Waals surface area contributed by atoms with Gasteiger partial charge in [-0.2, -0.15) is 0 Å². The third kappa shape index (κ3) is 4.60. The summed E-state index contributed by atoms with van der Waals surface area (Å²) in [7, 11) is 0. The van der Waals surface area contributed by atoms with E-state index in [0.717, 1.165) is 16.5 Å². The van der Waals surface area contributed by atoms with Crippen LogP contribution in [0.5, 0.6) is 0 Å². The van der Waals surface area contributed by atoms with Crippen molar-refractivity contribution in [3.05, 3.63) is 69.2 Å². The molecular formula is C16H17BrClNO. The van der Waals surface area contributed by atoms with Crippen LogP contribution in [0.3, 0.4) is 0 Å². The van der Waals surface area contributed by atoms with Crippen molar-refractivity contribution in [3.63, 3.8) is 0 Å². The highest BCUT2D eigenvalue weighted by atomic mass is 79.9. The summed E-state index contributed by atoms with van der Waals surface area (Å²) in [5.41, 5.74) is 2.35. The highest BCUT2D eigenvalue weighted by Gasteiger charge is 2.08. The zero-order chi connectivity index (χ0) is 14.4. The number of hydrogen-bond acceptors (Lipinski definition) is 2. The second kappa shape index (κ2) is 7.79. The van der Waals surface area contributed by atoms with Crippen molar-refractivity contribution < 1.29 is 5.11 Å². The van der Waals surface area contributed by atoms with E-state index in [1.54, 1.807) is 0 Å². The lowest BCUT2D eigenvalue weighted by Crippen LogP contribution is -2.34. The van der Waals surface area contributed by atoms with Crippen molar-refractivity contribution >= 4 is 27.5 Å². The normalized spacial score (nSPS) is 12.3. The van der Waals surface area contributed by atoms with Crippen LogP contribution in [0.4, 0.5) is 0 Å². The fraction of sp³-hybridized carbons (Fsp3) is 0.250. The first kappa shape index (κ1) is 15.5. The van der Waals surface area contributed by atoms with Crippen LogP contribution in [0.25, 0.3) is 0 Å². The zero-order valence-corrected chi connectivity index (χ0v) is 13.4. The molecule has 0 heterocycles. The van der Waals surface area contributed by atoms with Gasteiger partial charge in [-0.3, -0.25) is 0 Å². The molecule has 20 heavy (non-hydrogen) atoms. The van der Waals surface area contributed by atoms with Gasteiger partial charge in [0.1, 0.15) is 0 Å². The molecule has 0 aliphatic carbocycles. The summed E-state index contributed by atoms with van der Waals surface area (Å²) in [5.74, 6) is 0. The van der Waals surface area contributed by atoms with Crippen LogP contribution in [0.15, 0.2) is 53.0 Å². The third-order valence-corrected chi connectivity index (χ3v) is 4.34. The maximum atomic E-state index is 9.47. The highest BCUT2D eigenvalue weighted by Crippen LogP contribution is 2.23. The molecular weight excluding hydrogens is 338 g/mol. The molecule has 2 rings (SSSR count). The van der Waals surface area contributed by atoms with E-state index in [1.165, 1.54) is 5.56 Å². The van der Waals surface area contributed by atoms with Gasteiger partial charge < -0.3 is 10.4 Å². The molecule has 0 aromatic heterocycles. The van der Waals surface area contributed by atoms with E-state index in [9.17, 15) is 5.11 Å². The fourth-order valence-corrected chi connectivity index (χ4v) is 2.56. The first-order valence-electron chi connectivity index (χ1n) is 6.51. The quantitative estimate of drug-likeness (QED) is 0.827. The molecule has 4 heteroatoms. The smallest absolute Gasteiger partial charge is 0.0587 e. The Morgan fingerprint density at radius 2 is 1.85 bits per heavy atom. The van der Waals surface area contributed by atoms with Crippen molar-refractivity contribution in [1.29, 1.82) is 0 Å². The second-order valence-corrected chi connectivity index (χ2v) is 5.96. The first-order chi connectivity index (χ1) is 9.69. The lowest BCUT2D eigenvalue weighted by molar-refractivity contribution is 0.241. The summed E-state index contributed by atoms with van der Waals surface area (Å²) in [6.45, 7) is 0.817. The van der Waals surface area contributed by atoms with E-state index in [0.29, 0.717) is 11.6 Å². The summed E-state index contributed by atoms with van der Waals surface area (Å²) >= 11 is 9.39. The van der Waals surface area contributed by atoms with Gasteiger partial charge in [-0.25, -0.2) is 0 Å². The van der Waals surface area contributed by atoms with Crippen LogP contribution in [-0.4, -0.2) is 17.8 Å². The minimum atomic E-state index is 0.0480. The first-order valence-corrected chi connectivity index (χ1v) is 7.68. The number of hydrogen-bond donors (Lipinski definition) is 2. The summed E-state index contributed by atoms with van der Waals surface area (Å²) in [4.78, 5) is 0. The summed E-state index contributed by atoms with van der Waals surface area (Å²) < 4.78 is 0.891. The molecule has 0 radical (unpaired) electrons. The Bertz CT molecular complexity index is 547. The van der Waals surface area contributed by atoms with Crippen molar-refractivity contribution in [2.75, 3.05) is 6.61 Å². The van der Waals surface area contributed by atoms with Gasteiger partial charge in [0.25, 0.3) is 0 Å². The number of nitrogens with one attached hydrogen (secondary N) is 1. The molecule has 0 fully saturated rings.